The third-order valence-electron chi connectivity index (χ3n) is 1.86. The summed E-state index contributed by atoms with van der Waals surface area (Å²) in [6.07, 6.45) is 2.97. The van der Waals surface area contributed by atoms with Gasteiger partial charge in [0, 0.05) is 6.20 Å². The molecule has 0 saturated carbocycles. The molecule has 0 saturated heterocycles. The second kappa shape index (κ2) is 3.86. The van der Waals surface area contributed by atoms with E-state index in [9.17, 15) is 4.79 Å². The van der Waals surface area contributed by atoms with Crippen molar-refractivity contribution in [3.8, 4) is 0 Å². The molecule has 0 aliphatic carbocycles. The van der Waals surface area contributed by atoms with E-state index in [4.69, 9.17) is 16.3 Å². The van der Waals surface area contributed by atoms with Crippen molar-refractivity contribution in [2.45, 2.75) is 6.92 Å². The minimum absolute atomic E-state index is 0.226. The number of esters is 1. The molecule has 5 nitrogen and oxygen atoms in total. The van der Waals surface area contributed by atoms with Crippen LogP contribution in [0.25, 0.3) is 11.0 Å². The predicted octanol–water partition coefficient (Wildman–Crippen LogP) is 1.79. The number of nitrogens with one attached hydrogen (secondary N) is 1. The second-order valence-corrected chi connectivity index (χ2v) is 3.19. The quantitative estimate of drug-likeness (QED) is 0.792. The van der Waals surface area contributed by atoms with Crippen LogP contribution in [0.2, 0.25) is 5.28 Å². The van der Waals surface area contributed by atoms with E-state index in [2.05, 4.69) is 15.0 Å². The highest BCUT2D eigenvalue weighted by Crippen LogP contribution is 2.17. The zero-order chi connectivity index (χ0) is 10.8. The van der Waals surface area contributed by atoms with Crippen LogP contribution in [-0.2, 0) is 4.74 Å². The van der Waals surface area contributed by atoms with E-state index in [-0.39, 0.29) is 5.28 Å². The first-order chi connectivity index (χ1) is 7.22. The van der Waals surface area contributed by atoms with Gasteiger partial charge in [-0.25, -0.2) is 9.78 Å². The number of ether oxygens (including phenoxy) is 1. The Morgan fingerprint density at radius 3 is 3.13 bits per heavy atom. The van der Waals surface area contributed by atoms with E-state index in [0.29, 0.717) is 23.2 Å². The van der Waals surface area contributed by atoms with Crippen LogP contribution < -0.4 is 0 Å². The van der Waals surface area contributed by atoms with Gasteiger partial charge in [-0.1, -0.05) is 0 Å². The number of pyridine rings is 1. The standard InChI is InChI=1S/C9H8ClN3O2/c1-2-15-8(14)5-3-11-4-6-7(5)13-9(10)12-6/h3-4H,2H2,1H3,(H,12,13). The highest BCUT2D eigenvalue weighted by molar-refractivity contribution is 6.29. The number of hydrogen-bond acceptors (Lipinski definition) is 4. The SMILES string of the molecule is CCOC(=O)c1cncc2[nH]c(Cl)nc12. The normalized spacial score (nSPS) is 10.5. The van der Waals surface area contributed by atoms with Crippen LogP contribution in [0.5, 0.6) is 0 Å². The summed E-state index contributed by atoms with van der Waals surface area (Å²) in [7, 11) is 0. The Labute approximate surface area is 90.4 Å². The van der Waals surface area contributed by atoms with Crippen molar-refractivity contribution >= 4 is 28.6 Å². The molecule has 2 heterocycles. The van der Waals surface area contributed by atoms with Crippen molar-refractivity contribution in [1.29, 1.82) is 0 Å². The molecule has 15 heavy (non-hydrogen) atoms. The maximum Gasteiger partial charge on any atom is 0.341 e. The molecule has 0 atom stereocenters. The molecule has 0 unspecified atom stereocenters. The molecular formula is C9H8ClN3O2. The van der Waals surface area contributed by atoms with E-state index in [0.717, 1.165) is 0 Å². The molecular weight excluding hydrogens is 218 g/mol. The number of fused-ring (bicyclic) bond motifs is 1. The van der Waals surface area contributed by atoms with Crippen LogP contribution in [0, 0.1) is 0 Å². The molecule has 2 aromatic rings. The maximum absolute atomic E-state index is 11.5. The van der Waals surface area contributed by atoms with Gasteiger partial charge in [0.15, 0.2) is 0 Å². The average molecular weight is 226 g/mol. The molecule has 0 radical (unpaired) electrons. The van der Waals surface area contributed by atoms with Crippen LogP contribution in [0.4, 0.5) is 0 Å². The van der Waals surface area contributed by atoms with Gasteiger partial charge in [-0.3, -0.25) is 4.98 Å². The lowest BCUT2D eigenvalue weighted by atomic mass is 10.2. The Hall–Kier alpha value is -1.62. The molecule has 0 aliphatic heterocycles. The molecule has 0 amide bonds. The summed E-state index contributed by atoms with van der Waals surface area (Å²) >= 11 is 5.69. The van der Waals surface area contributed by atoms with Gasteiger partial charge >= 0.3 is 5.97 Å². The topological polar surface area (TPSA) is 67.9 Å². The Morgan fingerprint density at radius 2 is 2.40 bits per heavy atom. The van der Waals surface area contributed by atoms with Crippen LogP contribution in [0.3, 0.4) is 0 Å². The minimum atomic E-state index is -0.446. The number of carbonyl (C=O) groups excluding carboxylic acids is 1. The van der Waals surface area contributed by atoms with Crippen molar-refractivity contribution in [2.24, 2.45) is 0 Å². The maximum atomic E-state index is 11.5. The summed E-state index contributed by atoms with van der Waals surface area (Å²) in [5.74, 6) is -0.446. The molecule has 0 aromatic carbocycles. The fourth-order valence-corrected chi connectivity index (χ4v) is 1.45. The Kier molecular flexibility index (Phi) is 2.55. The van der Waals surface area contributed by atoms with Crippen LogP contribution in [0.1, 0.15) is 17.3 Å². The summed E-state index contributed by atoms with van der Waals surface area (Å²) < 4.78 is 4.87. The fraction of sp³-hybridized carbons (Fsp3) is 0.222. The lowest BCUT2D eigenvalue weighted by Gasteiger charge is -2.00. The molecule has 6 heteroatoms. The van der Waals surface area contributed by atoms with Gasteiger partial charge in [-0.15, -0.1) is 0 Å². The molecule has 78 valence electrons. The third-order valence-corrected chi connectivity index (χ3v) is 2.04. The Morgan fingerprint density at radius 1 is 1.60 bits per heavy atom. The van der Waals surface area contributed by atoms with E-state index in [1.54, 1.807) is 13.1 Å². The molecule has 0 fully saturated rings. The molecule has 0 bridgehead atoms. The van der Waals surface area contributed by atoms with Gasteiger partial charge in [-0.2, -0.15) is 0 Å². The van der Waals surface area contributed by atoms with Crippen LogP contribution >= 0.6 is 11.6 Å². The van der Waals surface area contributed by atoms with Gasteiger partial charge in [-0.05, 0) is 18.5 Å². The number of carbonyl (C=O) groups is 1. The largest absolute Gasteiger partial charge is 0.462 e. The first-order valence-electron chi connectivity index (χ1n) is 4.38. The number of imidazole rings is 1. The summed E-state index contributed by atoms with van der Waals surface area (Å²) in [4.78, 5) is 22.2. The summed E-state index contributed by atoms with van der Waals surface area (Å²) in [5, 5.41) is 0.226. The minimum Gasteiger partial charge on any atom is -0.462 e. The van der Waals surface area contributed by atoms with Crippen molar-refractivity contribution in [3.63, 3.8) is 0 Å². The first kappa shape index (κ1) is 9.92. The zero-order valence-electron chi connectivity index (χ0n) is 7.95. The van der Waals surface area contributed by atoms with E-state index < -0.39 is 5.97 Å². The van der Waals surface area contributed by atoms with Crippen molar-refractivity contribution in [3.05, 3.63) is 23.2 Å². The van der Waals surface area contributed by atoms with Crippen molar-refractivity contribution in [2.75, 3.05) is 6.61 Å². The van der Waals surface area contributed by atoms with Crippen LogP contribution in [0.15, 0.2) is 12.4 Å². The van der Waals surface area contributed by atoms with Gasteiger partial charge in [0.2, 0.25) is 5.28 Å². The third kappa shape index (κ3) is 1.78. The average Bonchev–Trinajstić information content (AvgIpc) is 2.57. The fourth-order valence-electron chi connectivity index (χ4n) is 1.26. The lowest BCUT2D eigenvalue weighted by molar-refractivity contribution is 0.0528. The highest BCUT2D eigenvalue weighted by Gasteiger charge is 2.14. The first-order valence-corrected chi connectivity index (χ1v) is 4.76. The van der Waals surface area contributed by atoms with E-state index in [1.807, 2.05) is 0 Å². The summed E-state index contributed by atoms with van der Waals surface area (Å²) in [6, 6.07) is 0. The smallest absolute Gasteiger partial charge is 0.341 e. The summed E-state index contributed by atoms with van der Waals surface area (Å²) in [6.45, 7) is 2.05. The Balaban J connectivity index is 2.55. The number of aromatic amines is 1. The van der Waals surface area contributed by atoms with E-state index in [1.165, 1.54) is 6.20 Å². The van der Waals surface area contributed by atoms with E-state index >= 15 is 0 Å². The molecule has 2 rings (SSSR count). The van der Waals surface area contributed by atoms with Gasteiger partial charge in [0.1, 0.15) is 11.1 Å². The predicted molar refractivity (Wildman–Crippen MR) is 54.9 cm³/mol. The van der Waals surface area contributed by atoms with Gasteiger partial charge in [0.05, 0.1) is 18.3 Å². The van der Waals surface area contributed by atoms with Crippen molar-refractivity contribution in [1.82, 2.24) is 15.0 Å². The molecule has 0 aliphatic rings. The Bertz CT molecular complexity index is 509. The number of hydrogen-bond donors (Lipinski definition) is 1. The summed E-state index contributed by atoms with van der Waals surface area (Å²) in [5.41, 5.74) is 1.41. The number of nitrogens with zero attached hydrogens (tertiary/aromatic N) is 2. The van der Waals surface area contributed by atoms with Crippen molar-refractivity contribution < 1.29 is 9.53 Å². The van der Waals surface area contributed by atoms with Gasteiger partial charge in [0.25, 0.3) is 0 Å². The number of rotatable bonds is 2. The monoisotopic (exact) mass is 225 g/mol. The number of halogens is 1. The molecule has 1 N–H and O–H groups in total. The van der Waals surface area contributed by atoms with Gasteiger partial charge < -0.3 is 9.72 Å². The van der Waals surface area contributed by atoms with Crippen LogP contribution in [-0.4, -0.2) is 27.5 Å². The molecule has 0 spiro atoms. The second-order valence-electron chi connectivity index (χ2n) is 2.83. The molecule has 2 aromatic heterocycles. The number of H-pyrrole nitrogens is 1. The zero-order valence-corrected chi connectivity index (χ0v) is 8.71. The lowest BCUT2D eigenvalue weighted by Crippen LogP contribution is -2.05. The number of aromatic nitrogens is 3. The highest BCUT2D eigenvalue weighted by atomic mass is 35.5.